The first-order valence-corrected chi connectivity index (χ1v) is 7.63. The van der Waals surface area contributed by atoms with Crippen molar-refractivity contribution in [3.8, 4) is 0 Å². The molecule has 1 aromatic rings. The van der Waals surface area contributed by atoms with E-state index in [-0.39, 0.29) is 17.6 Å². The smallest absolute Gasteiger partial charge is 0.255 e. The van der Waals surface area contributed by atoms with Gasteiger partial charge in [-0.05, 0) is 56.7 Å². The van der Waals surface area contributed by atoms with Crippen molar-refractivity contribution in [1.29, 1.82) is 0 Å². The number of rotatable bonds is 1. The number of Topliss-reactive ketones (excluding diaryl/α,β-unsaturated/α-hetero) is 1. The molecule has 0 saturated carbocycles. The summed E-state index contributed by atoms with van der Waals surface area (Å²) in [7, 11) is 0. The first kappa shape index (κ1) is 14.0. The van der Waals surface area contributed by atoms with Crippen LogP contribution >= 0.6 is 38.5 Å². The van der Waals surface area contributed by atoms with Crippen molar-refractivity contribution in [3.63, 3.8) is 0 Å². The third kappa shape index (κ3) is 2.93. The average molecular weight is 422 g/mol. The van der Waals surface area contributed by atoms with E-state index in [2.05, 4.69) is 38.5 Å². The summed E-state index contributed by atoms with van der Waals surface area (Å²) in [6.07, 6.45) is 0.467. The van der Waals surface area contributed by atoms with Gasteiger partial charge in [0.25, 0.3) is 5.91 Å². The normalized spacial score (nSPS) is 20.1. The molecule has 1 unspecified atom stereocenters. The zero-order chi connectivity index (χ0) is 13.3. The molecule has 2 rings (SSSR count). The van der Waals surface area contributed by atoms with E-state index in [4.69, 9.17) is 0 Å². The second-order valence-corrected chi connectivity index (χ2v) is 6.59. The number of hydrogen-bond acceptors (Lipinski definition) is 2. The molecule has 1 aliphatic heterocycles. The van der Waals surface area contributed by atoms with Gasteiger partial charge in [-0.2, -0.15) is 0 Å². The minimum Gasteiger partial charge on any atom is -0.337 e. The number of benzene rings is 1. The number of piperidine rings is 1. The lowest BCUT2D eigenvalue weighted by Crippen LogP contribution is -2.43. The molecular formula is C13H13BrINO2. The number of nitrogens with zero attached hydrogens (tertiary/aromatic N) is 1. The number of ketones is 1. The van der Waals surface area contributed by atoms with E-state index in [0.717, 1.165) is 8.04 Å². The van der Waals surface area contributed by atoms with Crippen LogP contribution in [0.5, 0.6) is 0 Å². The Hall–Kier alpha value is -0.430. The second-order valence-electron chi connectivity index (χ2n) is 4.49. The first-order chi connectivity index (χ1) is 8.49. The quantitative estimate of drug-likeness (QED) is 0.653. The summed E-state index contributed by atoms with van der Waals surface area (Å²) in [6, 6.07) is 5.70. The predicted octanol–water partition coefficient (Wildman–Crippen LogP) is 3.10. The van der Waals surface area contributed by atoms with Gasteiger partial charge in [-0.3, -0.25) is 9.59 Å². The fourth-order valence-electron chi connectivity index (χ4n) is 2.03. The number of amides is 1. The van der Waals surface area contributed by atoms with Crippen LogP contribution in [0.3, 0.4) is 0 Å². The summed E-state index contributed by atoms with van der Waals surface area (Å²) in [5, 5.41) is 0. The van der Waals surface area contributed by atoms with Crippen molar-refractivity contribution < 1.29 is 9.59 Å². The van der Waals surface area contributed by atoms with Crippen molar-refractivity contribution in [2.75, 3.05) is 13.1 Å². The standard InChI is InChI=1S/C13H13BrINO2/c1-8-7-16(5-4-12(8)17)13(18)10-6-9(15)2-3-11(10)14/h2-3,6,8H,4-5,7H2,1H3. The van der Waals surface area contributed by atoms with Gasteiger partial charge in [0.1, 0.15) is 5.78 Å². The Balaban J connectivity index is 2.21. The van der Waals surface area contributed by atoms with Gasteiger partial charge < -0.3 is 4.90 Å². The van der Waals surface area contributed by atoms with Crippen LogP contribution in [0.1, 0.15) is 23.7 Å². The van der Waals surface area contributed by atoms with E-state index in [0.29, 0.717) is 25.1 Å². The molecule has 1 atom stereocenters. The zero-order valence-electron chi connectivity index (χ0n) is 9.95. The molecule has 0 bridgehead atoms. The second kappa shape index (κ2) is 5.69. The maximum absolute atomic E-state index is 12.4. The van der Waals surface area contributed by atoms with Crippen molar-refractivity contribution >= 4 is 50.2 Å². The Kier molecular flexibility index (Phi) is 4.42. The molecule has 1 aromatic carbocycles. The van der Waals surface area contributed by atoms with Crippen molar-refractivity contribution in [1.82, 2.24) is 4.90 Å². The molecule has 1 heterocycles. The van der Waals surface area contributed by atoms with Gasteiger partial charge in [0.2, 0.25) is 0 Å². The van der Waals surface area contributed by atoms with Gasteiger partial charge in [-0.1, -0.05) is 6.92 Å². The van der Waals surface area contributed by atoms with Crippen LogP contribution in [0.15, 0.2) is 22.7 Å². The van der Waals surface area contributed by atoms with Gasteiger partial charge >= 0.3 is 0 Å². The number of likely N-dealkylation sites (tertiary alicyclic amines) is 1. The van der Waals surface area contributed by atoms with Crippen LogP contribution in [0.2, 0.25) is 0 Å². The molecule has 1 amide bonds. The largest absolute Gasteiger partial charge is 0.337 e. The molecule has 5 heteroatoms. The van der Waals surface area contributed by atoms with Gasteiger partial charge in [-0.25, -0.2) is 0 Å². The topological polar surface area (TPSA) is 37.4 Å². The van der Waals surface area contributed by atoms with E-state index >= 15 is 0 Å². The van der Waals surface area contributed by atoms with Crippen LogP contribution in [-0.4, -0.2) is 29.7 Å². The fraction of sp³-hybridized carbons (Fsp3) is 0.385. The molecule has 1 saturated heterocycles. The maximum Gasteiger partial charge on any atom is 0.255 e. The van der Waals surface area contributed by atoms with Gasteiger partial charge in [0.05, 0.1) is 5.56 Å². The molecule has 0 aromatic heterocycles. The van der Waals surface area contributed by atoms with Crippen molar-refractivity contribution in [2.24, 2.45) is 5.92 Å². The summed E-state index contributed by atoms with van der Waals surface area (Å²) < 4.78 is 1.83. The highest BCUT2D eigenvalue weighted by atomic mass is 127. The van der Waals surface area contributed by atoms with E-state index in [9.17, 15) is 9.59 Å². The third-order valence-electron chi connectivity index (χ3n) is 3.12. The molecular weight excluding hydrogens is 409 g/mol. The molecule has 96 valence electrons. The molecule has 1 fully saturated rings. The van der Waals surface area contributed by atoms with E-state index < -0.39 is 0 Å². The van der Waals surface area contributed by atoms with E-state index in [1.807, 2.05) is 25.1 Å². The molecule has 18 heavy (non-hydrogen) atoms. The third-order valence-corrected chi connectivity index (χ3v) is 4.48. The lowest BCUT2D eigenvalue weighted by atomic mass is 9.98. The molecule has 0 aliphatic carbocycles. The van der Waals surface area contributed by atoms with E-state index in [1.54, 1.807) is 4.90 Å². The Morgan fingerprint density at radius 1 is 1.50 bits per heavy atom. The highest BCUT2D eigenvalue weighted by Gasteiger charge is 2.28. The highest BCUT2D eigenvalue weighted by molar-refractivity contribution is 14.1. The minimum atomic E-state index is -0.0516. The van der Waals surface area contributed by atoms with Crippen LogP contribution in [0.4, 0.5) is 0 Å². The summed E-state index contributed by atoms with van der Waals surface area (Å²) in [5.74, 6) is 0.199. The molecule has 0 N–H and O–H groups in total. The SMILES string of the molecule is CC1CN(C(=O)c2cc(I)ccc2Br)CCC1=O. The number of carbonyl (C=O) groups excluding carboxylic acids is 2. The van der Waals surface area contributed by atoms with Crippen molar-refractivity contribution in [2.45, 2.75) is 13.3 Å². The van der Waals surface area contributed by atoms with Gasteiger partial charge in [-0.15, -0.1) is 0 Å². The van der Waals surface area contributed by atoms with Crippen LogP contribution in [0, 0.1) is 9.49 Å². The predicted molar refractivity (Wildman–Crippen MR) is 81.6 cm³/mol. The number of carbonyl (C=O) groups is 2. The fourth-order valence-corrected chi connectivity index (χ4v) is 2.94. The number of hydrogen-bond donors (Lipinski definition) is 0. The Bertz CT molecular complexity index is 504. The molecule has 1 aliphatic rings. The highest BCUT2D eigenvalue weighted by Crippen LogP contribution is 2.23. The minimum absolute atomic E-state index is 0.000240. The number of halogens is 2. The monoisotopic (exact) mass is 421 g/mol. The summed E-state index contributed by atoms with van der Waals surface area (Å²) in [5.41, 5.74) is 0.670. The lowest BCUT2D eigenvalue weighted by molar-refractivity contribution is -0.124. The Morgan fingerprint density at radius 3 is 2.89 bits per heavy atom. The maximum atomic E-state index is 12.4. The Morgan fingerprint density at radius 2 is 2.22 bits per heavy atom. The first-order valence-electron chi connectivity index (χ1n) is 5.76. The summed E-state index contributed by atoms with van der Waals surface area (Å²) in [6.45, 7) is 2.93. The molecule has 0 radical (unpaired) electrons. The van der Waals surface area contributed by atoms with Crippen LogP contribution < -0.4 is 0 Å². The summed E-state index contributed by atoms with van der Waals surface area (Å²) >= 11 is 5.59. The van der Waals surface area contributed by atoms with Crippen LogP contribution in [-0.2, 0) is 4.79 Å². The summed E-state index contributed by atoms with van der Waals surface area (Å²) in [4.78, 5) is 25.6. The van der Waals surface area contributed by atoms with Gasteiger partial charge in [0, 0.05) is 33.5 Å². The van der Waals surface area contributed by atoms with E-state index in [1.165, 1.54) is 0 Å². The van der Waals surface area contributed by atoms with Crippen LogP contribution in [0.25, 0.3) is 0 Å². The molecule has 3 nitrogen and oxygen atoms in total. The Labute approximate surface area is 128 Å². The zero-order valence-corrected chi connectivity index (χ0v) is 13.7. The molecule has 0 spiro atoms. The lowest BCUT2D eigenvalue weighted by Gasteiger charge is -2.30. The average Bonchev–Trinajstić information content (AvgIpc) is 2.35. The van der Waals surface area contributed by atoms with Crippen molar-refractivity contribution in [3.05, 3.63) is 31.8 Å². The van der Waals surface area contributed by atoms with Gasteiger partial charge in [0.15, 0.2) is 0 Å².